The number of likely N-dealkylation sites (tertiary alicyclic amines) is 1. The predicted octanol–water partition coefficient (Wildman–Crippen LogP) is 2.30. The number of hydrogen-bond acceptors (Lipinski definition) is 5. The van der Waals surface area contributed by atoms with E-state index in [0.717, 1.165) is 22.1 Å². The summed E-state index contributed by atoms with van der Waals surface area (Å²) < 4.78 is 5.16. The Morgan fingerprint density at radius 3 is 2.63 bits per heavy atom. The first-order valence-corrected chi connectivity index (χ1v) is 7.93. The van der Waals surface area contributed by atoms with Gasteiger partial charge in [0.15, 0.2) is 0 Å². The van der Waals surface area contributed by atoms with E-state index in [1.54, 1.807) is 18.4 Å². The molecular weight excluding hydrogens is 278 g/mol. The van der Waals surface area contributed by atoms with Crippen molar-refractivity contribution in [2.75, 3.05) is 20.2 Å². The monoisotopic (exact) mass is 299 g/mol. The summed E-state index contributed by atoms with van der Waals surface area (Å²) >= 11 is 6.69. The number of thiocarbonyl (C=S) groups is 1. The topological polar surface area (TPSA) is 51.4 Å². The molecule has 1 fully saturated rings. The number of thiazole rings is 1. The zero-order valence-electron chi connectivity index (χ0n) is 11.4. The average molecular weight is 299 g/mol. The van der Waals surface area contributed by atoms with E-state index >= 15 is 0 Å². The van der Waals surface area contributed by atoms with Gasteiger partial charge in [0.05, 0.1) is 23.7 Å². The quantitative estimate of drug-likeness (QED) is 0.846. The number of ether oxygens (including phenoxy) is 1. The minimum atomic E-state index is 0.423. The molecule has 0 saturated carbocycles. The minimum Gasteiger partial charge on any atom is -0.389 e. The Morgan fingerprint density at radius 2 is 2.05 bits per heavy atom. The molecule has 1 saturated heterocycles. The molecule has 0 aliphatic carbocycles. The van der Waals surface area contributed by atoms with Crippen molar-refractivity contribution in [3.63, 3.8) is 0 Å². The van der Waals surface area contributed by atoms with Gasteiger partial charge in [-0.15, -0.1) is 11.3 Å². The summed E-state index contributed by atoms with van der Waals surface area (Å²) in [5.74, 6) is 0. The van der Waals surface area contributed by atoms with E-state index in [2.05, 4.69) is 9.88 Å². The molecule has 0 atom stereocenters. The van der Waals surface area contributed by atoms with Gasteiger partial charge in [0.1, 0.15) is 10.00 Å². The van der Waals surface area contributed by atoms with Gasteiger partial charge >= 0.3 is 0 Å². The van der Waals surface area contributed by atoms with Crippen molar-refractivity contribution < 1.29 is 4.74 Å². The summed E-state index contributed by atoms with van der Waals surface area (Å²) in [7, 11) is 1.66. The SMILES string of the molecule is COCc1nc(CN2CCCCCC2)sc1C(N)=S. The molecule has 0 aromatic carbocycles. The summed E-state index contributed by atoms with van der Waals surface area (Å²) in [5, 5.41) is 1.09. The Kier molecular flexibility index (Phi) is 5.69. The molecule has 0 amide bonds. The highest BCUT2D eigenvalue weighted by molar-refractivity contribution is 7.81. The summed E-state index contributed by atoms with van der Waals surface area (Å²) in [6.07, 6.45) is 5.28. The van der Waals surface area contributed by atoms with Crippen molar-refractivity contribution >= 4 is 28.5 Å². The van der Waals surface area contributed by atoms with E-state index in [4.69, 9.17) is 22.7 Å². The lowest BCUT2D eigenvalue weighted by Crippen LogP contribution is -2.23. The van der Waals surface area contributed by atoms with E-state index in [-0.39, 0.29) is 0 Å². The molecule has 19 heavy (non-hydrogen) atoms. The second-order valence-electron chi connectivity index (χ2n) is 4.87. The number of methoxy groups -OCH3 is 1. The fourth-order valence-electron chi connectivity index (χ4n) is 2.38. The van der Waals surface area contributed by atoms with Crippen LogP contribution < -0.4 is 5.73 Å². The summed E-state index contributed by atoms with van der Waals surface area (Å²) in [6, 6.07) is 0. The highest BCUT2D eigenvalue weighted by Gasteiger charge is 2.16. The first-order chi connectivity index (χ1) is 9.20. The lowest BCUT2D eigenvalue weighted by Gasteiger charge is -2.17. The Bertz CT molecular complexity index is 426. The van der Waals surface area contributed by atoms with Crippen LogP contribution in [0.3, 0.4) is 0 Å². The van der Waals surface area contributed by atoms with Gasteiger partial charge in [-0.2, -0.15) is 0 Å². The van der Waals surface area contributed by atoms with Crippen LogP contribution in [0.5, 0.6) is 0 Å². The second-order valence-corrected chi connectivity index (χ2v) is 6.39. The molecule has 0 bridgehead atoms. The van der Waals surface area contributed by atoms with Crippen molar-refractivity contribution in [1.29, 1.82) is 0 Å². The van der Waals surface area contributed by atoms with Crippen LogP contribution >= 0.6 is 23.6 Å². The Morgan fingerprint density at radius 1 is 1.37 bits per heavy atom. The predicted molar refractivity (Wildman–Crippen MR) is 82.5 cm³/mol. The molecule has 106 valence electrons. The maximum absolute atomic E-state index is 5.75. The van der Waals surface area contributed by atoms with Gasteiger partial charge in [-0.05, 0) is 25.9 Å². The Labute approximate surface area is 124 Å². The molecule has 1 aromatic heterocycles. The highest BCUT2D eigenvalue weighted by Crippen LogP contribution is 2.22. The standard InChI is InChI=1S/C13H21N3OS2/c1-17-9-10-12(13(14)18)19-11(15-10)8-16-6-4-2-3-5-7-16/h2-9H2,1H3,(H2,14,18). The lowest BCUT2D eigenvalue weighted by molar-refractivity contribution is 0.181. The molecule has 2 N–H and O–H groups in total. The fraction of sp³-hybridized carbons (Fsp3) is 0.692. The van der Waals surface area contributed by atoms with Crippen LogP contribution in [0.2, 0.25) is 0 Å². The zero-order valence-corrected chi connectivity index (χ0v) is 13.0. The molecular formula is C13H21N3OS2. The number of hydrogen-bond donors (Lipinski definition) is 1. The molecule has 0 unspecified atom stereocenters. The molecule has 1 aromatic rings. The van der Waals surface area contributed by atoms with Crippen LogP contribution in [0.4, 0.5) is 0 Å². The molecule has 4 nitrogen and oxygen atoms in total. The van der Waals surface area contributed by atoms with E-state index < -0.39 is 0 Å². The smallest absolute Gasteiger partial charge is 0.116 e. The van der Waals surface area contributed by atoms with Gasteiger partial charge in [0.25, 0.3) is 0 Å². The largest absolute Gasteiger partial charge is 0.389 e. The summed E-state index contributed by atoms with van der Waals surface area (Å²) in [4.78, 5) is 8.44. The van der Waals surface area contributed by atoms with Gasteiger partial charge in [-0.25, -0.2) is 4.98 Å². The third-order valence-corrected chi connectivity index (χ3v) is 4.75. The number of rotatable bonds is 5. The third-order valence-electron chi connectivity index (χ3n) is 3.30. The molecule has 0 radical (unpaired) electrons. The highest BCUT2D eigenvalue weighted by atomic mass is 32.1. The van der Waals surface area contributed by atoms with E-state index in [1.807, 2.05) is 0 Å². The normalized spacial score (nSPS) is 17.3. The first kappa shape index (κ1) is 14.8. The van der Waals surface area contributed by atoms with Crippen LogP contribution in [0.25, 0.3) is 0 Å². The molecule has 1 aliphatic rings. The van der Waals surface area contributed by atoms with Crippen LogP contribution in [0.15, 0.2) is 0 Å². The van der Waals surface area contributed by atoms with E-state index in [0.29, 0.717) is 11.6 Å². The van der Waals surface area contributed by atoms with E-state index in [9.17, 15) is 0 Å². The van der Waals surface area contributed by atoms with Crippen molar-refractivity contribution in [1.82, 2.24) is 9.88 Å². The minimum absolute atomic E-state index is 0.423. The third kappa shape index (κ3) is 4.21. The number of nitrogens with two attached hydrogens (primary N) is 1. The maximum atomic E-state index is 5.75. The zero-order chi connectivity index (χ0) is 13.7. The first-order valence-electron chi connectivity index (χ1n) is 6.70. The van der Waals surface area contributed by atoms with Gasteiger partial charge in [-0.1, -0.05) is 25.1 Å². The molecule has 2 rings (SSSR count). The van der Waals surface area contributed by atoms with Crippen LogP contribution in [-0.2, 0) is 17.9 Å². The molecule has 2 heterocycles. The average Bonchev–Trinajstić information content (AvgIpc) is 2.59. The van der Waals surface area contributed by atoms with Gasteiger partial charge in [0.2, 0.25) is 0 Å². The number of nitrogens with zero attached hydrogens (tertiary/aromatic N) is 2. The Hall–Kier alpha value is -0.560. The van der Waals surface area contributed by atoms with Crippen molar-refractivity contribution in [3.8, 4) is 0 Å². The van der Waals surface area contributed by atoms with Crippen LogP contribution in [-0.4, -0.2) is 35.1 Å². The molecule has 6 heteroatoms. The lowest BCUT2D eigenvalue weighted by atomic mass is 10.2. The van der Waals surface area contributed by atoms with Crippen molar-refractivity contribution in [2.24, 2.45) is 5.73 Å². The molecule has 0 spiro atoms. The Balaban J connectivity index is 2.06. The summed E-state index contributed by atoms with van der Waals surface area (Å²) in [5.41, 5.74) is 6.63. The van der Waals surface area contributed by atoms with E-state index in [1.165, 1.54) is 38.8 Å². The van der Waals surface area contributed by atoms with Crippen LogP contribution in [0, 0.1) is 0 Å². The maximum Gasteiger partial charge on any atom is 0.116 e. The fourth-order valence-corrected chi connectivity index (χ4v) is 3.59. The van der Waals surface area contributed by atoms with Gasteiger partial charge < -0.3 is 10.5 Å². The molecule has 1 aliphatic heterocycles. The second kappa shape index (κ2) is 7.28. The van der Waals surface area contributed by atoms with Gasteiger partial charge in [0, 0.05) is 7.11 Å². The number of aromatic nitrogens is 1. The van der Waals surface area contributed by atoms with Crippen molar-refractivity contribution in [2.45, 2.75) is 38.8 Å². The van der Waals surface area contributed by atoms with Crippen LogP contribution in [0.1, 0.15) is 41.3 Å². The van der Waals surface area contributed by atoms with Gasteiger partial charge in [-0.3, -0.25) is 4.90 Å². The van der Waals surface area contributed by atoms with Crippen molar-refractivity contribution in [3.05, 3.63) is 15.6 Å². The summed E-state index contributed by atoms with van der Waals surface area (Å²) in [6.45, 7) is 3.72.